The zero-order valence-electron chi connectivity index (χ0n) is 51.5. The van der Waals surface area contributed by atoms with Crippen LogP contribution in [-0.2, 0) is 79.3 Å². The summed E-state index contributed by atoms with van der Waals surface area (Å²) < 4.78 is 111. The van der Waals surface area contributed by atoms with Gasteiger partial charge in [-0.3, -0.25) is 0 Å². The predicted molar refractivity (Wildman–Crippen MR) is 341 cm³/mol. The van der Waals surface area contributed by atoms with E-state index in [0.29, 0.717) is 67.9 Å². The van der Waals surface area contributed by atoms with Crippen LogP contribution in [-0.4, -0.2) is 114 Å². The fourth-order valence-corrected chi connectivity index (χ4v) is 12.5. The predicted octanol–water partition coefficient (Wildman–Crippen LogP) is 13.2. The lowest BCUT2D eigenvalue weighted by atomic mass is 9.92. The first-order valence-electron chi connectivity index (χ1n) is 30.3. The number of hydrogen-bond acceptors (Lipinski definition) is 12. The monoisotopic (exact) mass is 1300 g/mol. The molecule has 0 aromatic heterocycles. The van der Waals surface area contributed by atoms with Gasteiger partial charge in [-0.15, -0.1) is 0 Å². The van der Waals surface area contributed by atoms with E-state index in [9.17, 15) is 26.3 Å². The SMILES string of the molecule is CNC[C@@H]1OCCc2c1cccc2C(F)(F)F.CNC[C@@H]1OCCc2ccc(Cl)cc21.CNC[C@H]1OCCc2c1cccc2C(F)(F)F.CNC[C@H]1OCCc2cc(Cl)ccc21.CNC[C@H]1OCCc2ccc(Cl)cc21.Cc1cccc2c1[C@H](CN)OCC2. The summed E-state index contributed by atoms with van der Waals surface area (Å²) >= 11 is 17.9. The molecular weight excluding hydrogens is 1220 g/mol. The topological polar surface area (TPSA) is 142 Å². The molecule has 0 aliphatic carbocycles. The zero-order chi connectivity index (χ0) is 64.1. The van der Waals surface area contributed by atoms with Gasteiger partial charge in [-0.25, -0.2) is 0 Å². The molecule has 7 N–H and O–H groups in total. The summed E-state index contributed by atoms with van der Waals surface area (Å²) in [6, 6.07) is 33.2. The number of benzene rings is 6. The summed E-state index contributed by atoms with van der Waals surface area (Å²) in [5.74, 6) is 0. The lowest BCUT2D eigenvalue weighted by Crippen LogP contribution is -2.27. The van der Waals surface area contributed by atoms with Gasteiger partial charge in [0.25, 0.3) is 0 Å². The molecule has 0 saturated heterocycles. The maximum absolute atomic E-state index is 12.8. The van der Waals surface area contributed by atoms with Gasteiger partial charge in [0.15, 0.2) is 0 Å². The van der Waals surface area contributed by atoms with Gasteiger partial charge in [0.2, 0.25) is 0 Å². The molecule has 12 rings (SSSR count). The third kappa shape index (κ3) is 20.1. The summed E-state index contributed by atoms with van der Waals surface area (Å²) in [5, 5.41) is 17.6. The Morgan fingerprint density at radius 2 is 0.742 bits per heavy atom. The molecule has 0 spiro atoms. The maximum Gasteiger partial charge on any atom is 0.416 e. The molecule has 6 aliphatic heterocycles. The van der Waals surface area contributed by atoms with Crippen molar-refractivity contribution in [1.29, 1.82) is 0 Å². The number of halogens is 9. The van der Waals surface area contributed by atoms with E-state index in [2.05, 4.69) is 69.9 Å². The van der Waals surface area contributed by atoms with Crippen LogP contribution >= 0.6 is 34.8 Å². The number of rotatable bonds is 11. The van der Waals surface area contributed by atoms with Gasteiger partial charge >= 0.3 is 12.4 Å². The van der Waals surface area contributed by atoms with Crippen molar-refractivity contribution in [1.82, 2.24) is 26.6 Å². The highest BCUT2D eigenvalue weighted by Crippen LogP contribution is 2.40. The smallest absolute Gasteiger partial charge is 0.372 e. The van der Waals surface area contributed by atoms with Gasteiger partial charge in [0.05, 0.1) is 87.4 Å². The van der Waals surface area contributed by atoms with Crippen molar-refractivity contribution in [2.24, 2.45) is 5.73 Å². The van der Waals surface area contributed by atoms with Crippen LogP contribution in [0.5, 0.6) is 0 Å². The summed E-state index contributed by atoms with van der Waals surface area (Å²) in [5.41, 5.74) is 18.5. The van der Waals surface area contributed by atoms with Crippen LogP contribution in [0.1, 0.15) is 120 Å². The molecule has 0 bridgehead atoms. The van der Waals surface area contributed by atoms with Gasteiger partial charge in [-0.05, 0) is 202 Å². The number of hydrogen-bond donors (Lipinski definition) is 6. The summed E-state index contributed by atoms with van der Waals surface area (Å²) in [7, 11) is 9.31. The molecular formula is C68H85Cl3F6N6O6. The van der Waals surface area contributed by atoms with Crippen molar-refractivity contribution in [3.8, 4) is 0 Å². The molecule has 12 nitrogen and oxygen atoms in total. The van der Waals surface area contributed by atoms with E-state index in [0.717, 1.165) is 98.9 Å². The fourth-order valence-electron chi connectivity index (χ4n) is 12.0. The molecule has 486 valence electrons. The highest BCUT2D eigenvalue weighted by molar-refractivity contribution is 6.31. The molecule has 6 heterocycles. The molecule has 0 unspecified atom stereocenters. The second kappa shape index (κ2) is 35.4. The lowest BCUT2D eigenvalue weighted by molar-refractivity contribution is -0.139. The highest BCUT2D eigenvalue weighted by Gasteiger charge is 2.38. The Kier molecular flexibility index (Phi) is 28.5. The normalized spacial score (nSPS) is 20.5. The first kappa shape index (κ1) is 71.7. The van der Waals surface area contributed by atoms with Crippen molar-refractivity contribution in [2.45, 2.75) is 94.4 Å². The summed E-state index contributed by atoms with van der Waals surface area (Å²) in [4.78, 5) is 0. The first-order chi connectivity index (χ1) is 42.8. The van der Waals surface area contributed by atoms with Crippen molar-refractivity contribution in [2.75, 3.05) is 114 Å². The number of ether oxygens (including phenoxy) is 6. The Morgan fingerprint density at radius 1 is 0.393 bits per heavy atom. The molecule has 0 fully saturated rings. The molecule has 21 heteroatoms. The third-order valence-corrected chi connectivity index (χ3v) is 16.8. The van der Waals surface area contributed by atoms with E-state index in [1.54, 1.807) is 26.2 Å². The Balaban J connectivity index is 0.000000152. The molecule has 89 heavy (non-hydrogen) atoms. The van der Waals surface area contributed by atoms with Crippen LogP contribution in [0.4, 0.5) is 26.3 Å². The van der Waals surface area contributed by atoms with E-state index < -0.39 is 23.5 Å². The zero-order valence-corrected chi connectivity index (χ0v) is 53.8. The van der Waals surface area contributed by atoms with E-state index >= 15 is 0 Å². The number of aryl methyl sites for hydroxylation is 1. The maximum atomic E-state index is 12.8. The van der Waals surface area contributed by atoms with Gasteiger partial charge in [-0.1, -0.05) is 95.5 Å². The van der Waals surface area contributed by atoms with Gasteiger partial charge in [0, 0.05) is 54.3 Å². The van der Waals surface area contributed by atoms with Crippen molar-refractivity contribution >= 4 is 34.8 Å². The van der Waals surface area contributed by atoms with Crippen LogP contribution in [0.2, 0.25) is 15.1 Å². The van der Waals surface area contributed by atoms with Crippen molar-refractivity contribution in [3.63, 3.8) is 0 Å². The standard InChI is InChI=1S/2C12H14F3NO.3C11H14ClNO.C11H15NO/c2*1-16-7-11-9-3-2-4-10(12(13,14)15)8(9)5-6-17-11;1-13-7-11-10-3-2-9(12)6-8(10)4-5-14-11;2*1-13-7-11-10-6-9(12)3-2-8(10)4-5-14-11;1-8-3-2-4-9-5-6-13-10(7-12)11(8)9/h2*2-4,11,16H,5-7H2,1H3;3*2-3,6,11,13H,4-5,7H2,1H3;2-4,10H,5-7,12H2,1H3/t5*11-;10-/m101100/s1. The molecule has 0 saturated carbocycles. The Hall–Kier alpha value is -4.71. The molecule has 6 aliphatic rings. The Labute approximate surface area is 535 Å². The van der Waals surface area contributed by atoms with Crippen LogP contribution in [0.15, 0.2) is 109 Å². The Morgan fingerprint density at radius 3 is 1.16 bits per heavy atom. The van der Waals surface area contributed by atoms with Crippen LogP contribution in [0.25, 0.3) is 0 Å². The quantitative estimate of drug-likeness (QED) is 0.0688. The van der Waals surface area contributed by atoms with Crippen molar-refractivity contribution < 1.29 is 54.8 Å². The third-order valence-electron chi connectivity index (χ3n) is 16.1. The first-order valence-corrected chi connectivity index (χ1v) is 31.4. The minimum absolute atomic E-state index is 0.116. The molecule has 6 aromatic rings. The highest BCUT2D eigenvalue weighted by atomic mass is 35.5. The van der Waals surface area contributed by atoms with Gasteiger partial charge in [0.1, 0.15) is 0 Å². The van der Waals surface area contributed by atoms with Crippen LogP contribution in [0.3, 0.4) is 0 Å². The van der Waals surface area contributed by atoms with E-state index in [4.69, 9.17) is 69.0 Å². The Bertz CT molecular complexity index is 3040. The number of alkyl halides is 6. The summed E-state index contributed by atoms with van der Waals surface area (Å²) in [6.07, 6.45) is -3.91. The van der Waals surface area contributed by atoms with Crippen LogP contribution < -0.4 is 32.3 Å². The largest absolute Gasteiger partial charge is 0.416 e. The average molecular weight is 1300 g/mol. The van der Waals surface area contributed by atoms with Crippen LogP contribution in [0, 0.1) is 6.92 Å². The van der Waals surface area contributed by atoms with Gasteiger partial charge < -0.3 is 60.7 Å². The lowest BCUT2D eigenvalue weighted by Gasteiger charge is -2.28. The number of nitrogens with two attached hydrogens (primary N) is 1. The van der Waals surface area contributed by atoms with Crippen molar-refractivity contribution in [3.05, 3.63) is 208 Å². The molecule has 0 radical (unpaired) electrons. The number of fused-ring (bicyclic) bond motifs is 6. The fraction of sp³-hybridized carbons (Fsp3) is 0.471. The minimum Gasteiger partial charge on any atom is -0.372 e. The summed E-state index contributed by atoms with van der Waals surface area (Å²) in [6.45, 7) is 10.2. The van der Waals surface area contributed by atoms with Gasteiger partial charge in [-0.2, -0.15) is 26.3 Å². The van der Waals surface area contributed by atoms with E-state index in [-0.39, 0.29) is 36.6 Å². The second-order valence-corrected chi connectivity index (χ2v) is 23.4. The number of likely N-dealkylation sites (N-methyl/N-ethyl adjacent to an activating group) is 5. The minimum atomic E-state index is -4.28. The number of nitrogens with one attached hydrogen (secondary N) is 5. The molecule has 0 amide bonds. The van der Waals surface area contributed by atoms with E-state index in [1.807, 2.05) is 57.5 Å². The molecule has 6 atom stereocenters. The second-order valence-electron chi connectivity index (χ2n) is 22.1. The molecule has 6 aromatic carbocycles. The average Bonchev–Trinajstić information content (AvgIpc) is 3.50. The van der Waals surface area contributed by atoms with E-state index in [1.165, 1.54) is 62.2 Å².